The Morgan fingerprint density at radius 1 is 0.907 bits per heavy atom. The predicted molar refractivity (Wildman–Crippen MR) is 149 cm³/mol. The zero-order chi connectivity index (χ0) is 31.5. The zero-order valence-electron chi connectivity index (χ0n) is 23.6. The summed E-state index contributed by atoms with van der Waals surface area (Å²) in [6.07, 6.45) is 4.39. The van der Waals surface area contributed by atoms with Crippen molar-refractivity contribution in [2.24, 2.45) is 0 Å². The molecule has 2 aromatic rings. The molecule has 17 nitrogen and oxygen atoms in total. The lowest BCUT2D eigenvalue weighted by Crippen LogP contribution is -2.51. The van der Waals surface area contributed by atoms with Crippen molar-refractivity contribution >= 4 is 35.6 Å². The second kappa shape index (κ2) is 19.5. The van der Waals surface area contributed by atoms with Gasteiger partial charge in [0.2, 0.25) is 0 Å². The number of aromatic nitrogens is 5. The number of nitrogens with one attached hydrogen (secondary N) is 4. The van der Waals surface area contributed by atoms with Crippen LogP contribution in [0.2, 0.25) is 0 Å². The molecule has 0 fully saturated rings. The molecule has 7 N–H and O–H groups in total. The lowest BCUT2D eigenvalue weighted by Gasteiger charge is -2.18. The smallest absolute Gasteiger partial charge is 0.326 e. The average Bonchev–Trinajstić information content (AvgIpc) is 3.42. The molecule has 0 aliphatic heterocycles. The molecule has 0 radical (unpaired) electrons. The van der Waals surface area contributed by atoms with Gasteiger partial charge in [-0.1, -0.05) is 5.21 Å². The summed E-state index contributed by atoms with van der Waals surface area (Å²) in [4.78, 5) is 53.8. The molecule has 2 atom stereocenters. The number of aryl methyl sites for hydroxylation is 1. The monoisotopic (exact) mass is 611 g/mol. The number of hydrogen-bond acceptors (Lipinski definition) is 11. The molecule has 0 saturated heterocycles. The van der Waals surface area contributed by atoms with Crippen molar-refractivity contribution in [2.45, 2.75) is 63.6 Å². The maximum atomic E-state index is 12.2. The maximum Gasteiger partial charge on any atom is 0.326 e. The molecule has 43 heavy (non-hydrogen) atoms. The van der Waals surface area contributed by atoms with E-state index < -0.39 is 42.4 Å². The van der Waals surface area contributed by atoms with Gasteiger partial charge in [0.25, 0.3) is 0 Å². The van der Waals surface area contributed by atoms with E-state index in [0.717, 1.165) is 5.69 Å². The van der Waals surface area contributed by atoms with E-state index in [1.54, 1.807) is 16.9 Å². The zero-order valence-corrected chi connectivity index (χ0v) is 23.6. The van der Waals surface area contributed by atoms with Gasteiger partial charge in [0.1, 0.15) is 30.0 Å². The van der Waals surface area contributed by atoms with Gasteiger partial charge in [0.15, 0.2) is 0 Å². The Labute approximate surface area is 246 Å². The molecule has 0 aliphatic carbocycles. The van der Waals surface area contributed by atoms with Crippen LogP contribution in [0.5, 0.6) is 0 Å². The third kappa shape index (κ3) is 14.7. The standard InChI is InChI=1S/C25H38FN9O8/c26-8-3-4-17-15-35(34-33-17)11-13-43-12-10-28-21-14-20(29-16-30-21)27-9-2-1-5-18(23(38)39)31-25(42)32-19(24(40)41)6-7-22(36)37/h14-16,18-19H,1-13H2,(H,36,37)(H,38,39)(H,40,41)(H2,31,32,42)(H2,27,28,29,30)/t18-,19?/m0/s1. The van der Waals surface area contributed by atoms with Gasteiger partial charge in [0.05, 0.1) is 32.1 Å². The van der Waals surface area contributed by atoms with Gasteiger partial charge in [-0.15, -0.1) is 5.10 Å². The van der Waals surface area contributed by atoms with E-state index in [1.807, 2.05) is 0 Å². The number of carboxylic acids is 3. The van der Waals surface area contributed by atoms with Crippen molar-refractivity contribution in [3.8, 4) is 0 Å². The van der Waals surface area contributed by atoms with Crippen LogP contribution in [-0.2, 0) is 32.1 Å². The highest BCUT2D eigenvalue weighted by Crippen LogP contribution is 2.09. The van der Waals surface area contributed by atoms with E-state index in [1.165, 1.54) is 6.33 Å². The van der Waals surface area contributed by atoms with E-state index in [9.17, 15) is 28.7 Å². The van der Waals surface area contributed by atoms with Crippen LogP contribution in [-0.4, -0.2) is 109 Å². The lowest BCUT2D eigenvalue weighted by molar-refractivity contribution is -0.140. The van der Waals surface area contributed by atoms with Crippen LogP contribution in [0.15, 0.2) is 18.6 Å². The van der Waals surface area contributed by atoms with Crippen molar-refractivity contribution in [2.75, 3.05) is 43.6 Å². The average molecular weight is 612 g/mol. The summed E-state index contributed by atoms with van der Waals surface area (Å²) in [6.45, 7) is 1.96. The number of alkyl halides is 1. The Bertz CT molecular complexity index is 1170. The molecule has 0 aliphatic rings. The fourth-order valence-corrected chi connectivity index (χ4v) is 3.70. The van der Waals surface area contributed by atoms with Crippen molar-refractivity contribution in [3.05, 3.63) is 24.3 Å². The Morgan fingerprint density at radius 3 is 2.23 bits per heavy atom. The number of carboxylic acid groups (broad SMARTS) is 3. The second-order valence-corrected chi connectivity index (χ2v) is 9.35. The summed E-state index contributed by atoms with van der Waals surface area (Å²) in [5.41, 5.74) is 0.749. The van der Waals surface area contributed by atoms with E-state index in [-0.39, 0.29) is 19.5 Å². The predicted octanol–water partition coefficient (Wildman–Crippen LogP) is 0.752. The molecule has 18 heteroatoms. The molecular formula is C25H38FN9O8. The number of nitrogens with zero attached hydrogens (tertiary/aromatic N) is 5. The molecule has 0 bridgehead atoms. The van der Waals surface area contributed by atoms with Crippen LogP contribution in [0.4, 0.5) is 20.8 Å². The highest BCUT2D eigenvalue weighted by Gasteiger charge is 2.24. The summed E-state index contributed by atoms with van der Waals surface area (Å²) in [7, 11) is 0. The lowest BCUT2D eigenvalue weighted by atomic mass is 10.1. The first-order valence-corrected chi connectivity index (χ1v) is 13.7. The number of halogens is 1. The van der Waals surface area contributed by atoms with Gasteiger partial charge in [-0.2, -0.15) is 0 Å². The third-order valence-electron chi connectivity index (χ3n) is 5.92. The van der Waals surface area contributed by atoms with Crippen LogP contribution in [0.1, 0.15) is 44.2 Å². The number of carbonyl (C=O) groups is 4. The quantitative estimate of drug-likeness (QED) is 0.0858. The van der Waals surface area contributed by atoms with E-state index in [0.29, 0.717) is 70.2 Å². The number of anilines is 2. The second-order valence-electron chi connectivity index (χ2n) is 9.35. The van der Waals surface area contributed by atoms with Crippen LogP contribution < -0.4 is 21.3 Å². The molecule has 238 valence electrons. The summed E-state index contributed by atoms with van der Waals surface area (Å²) in [5.74, 6) is -2.79. The van der Waals surface area contributed by atoms with E-state index >= 15 is 0 Å². The SMILES string of the molecule is O=C(O)CCC(NC(=O)N[C@@H](CCCCNc1cc(NCCOCCn2cc(CCCF)nn2)ncn1)C(=O)O)C(=O)O. The molecule has 0 aromatic carbocycles. The summed E-state index contributed by atoms with van der Waals surface area (Å²) >= 11 is 0. The van der Waals surface area contributed by atoms with Gasteiger partial charge in [-0.25, -0.2) is 29.0 Å². The Morgan fingerprint density at radius 2 is 1.58 bits per heavy atom. The highest BCUT2D eigenvalue weighted by molar-refractivity contribution is 5.86. The summed E-state index contributed by atoms with van der Waals surface area (Å²) < 4.78 is 19.5. The van der Waals surface area contributed by atoms with E-state index in [2.05, 4.69) is 41.5 Å². The van der Waals surface area contributed by atoms with Crippen molar-refractivity contribution in [1.82, 2.24) is 35.6 Å². The normalized spacial score (nSPS) is 12.2. The number of aliphatic carboxylic acids is 3. The van der Waals surface area contributed by atoms with Crippen molar-refractivity contribution in [1.29, 1.82) is 0 Å². The van der Waals surface area contributed by atoms with Gasteiger partial charge in [-0.3, -0.25) is 9.18 Å². The van der Waals surface area contributed by atoms with Crippen LogP contribution in [0.25, 0.3) is 0 Å². The number of amides is 2. The van der Waals surface area contributed by atoms with Crippen LogP contribution >= 0.6 is 0 Å². The molecule has 2 amide bonds. The molecular weight excluding hydrogens is 573 g/mol. The minimum Gasteiger partial charge on any atom is -0.481 e. The van der Waals surface area contributed by atoms with Gasteiger partial charge >= 0.3 is 23.9 Å². The molecule has 1 unspecified atom stereocenters. The molecule has 0 saturated carbocycles. The minimum absolute atomic E-state index is 0.0884. The van der Waals surface area contributed by atoms with E-state index in [4.69, 9.17) is 14.9 Å². The number of carbonyl (C=O) groups excluding carboxylic acids is 1. The third-order valence-corrected chi connectivity index (χ3v) is 5.92. The van der Waals surface area contributed by atoms with Gasteiger partial charge in [0, 0.05) is 31.8 Å². The van der Waals surface area contributed by atoms with Gasteiger partial charge < -0.3 is 41.3 Å². The summed E-state index contributed by atoms with van der Waals surface area (Å²) in [6, 6.07) is -2.02. The Kier molecular flexibility index (Phi) is 15.7. The first kappa shape index (κ1) is 34.6. The highest BCUT2D eigenvalue weighted by atomic mass is 19.1. The number of rotatable bonds is 23. The number of urea groups is 1. The fourth-order valence-electron chi connectivity index (χ4n) is 3.70. The van der Waals surface area contributed by atoms with Crippen LogP contribution in [0, 0.1) is 0 Å². The maximum absolute atomic E-state index is 12.2. The number of ether oxygens (including phenoxy) is 1. The number of unbranched alkanes of at least 4 members (excludes halogenated alkanes) is 1. The fraction of sp³-hybridized carbons (Fsp3) is 0.600. The molecule has 2 heterocycles. The summed E-state index contributed by atoms with van der Waals surface area (Å²) in [5, 5.41) is 45.7. The van der Waals surface area contributed by atoms with Crippen molar-refractivity contribution < 1.29 is 43.6 Å². The Balaban J connectivity index is 1.63. The Hall–Kier alpha value is -4.61. The first-order chi connectivity index (χ1) is 20.7. The molecule has 2 aromatic heterocycles. The topological polar surface area (TPSA) is 243 Å². The van der Waals surface area contributed by atoms with Crippen LogP contribution in [0.3, 0.4) is 0 Å². The molecule has 0 spiro atoms. The minimum atomic E-state index is -1.46. The first-order valence-electron chi connectivity index (χ1n) is 13.7. The van der Waals surface area contributed by atoms with Gasteiger partial charge in [-0.05, 0) is 38.5 Å². The molecule has 2 rings (SSSR count). The van der Waals surface area contributed by atoms with Crippen molar-refractivity contribution in [3.63, 3.8) is 0 Å². The largest absolute Gasteiger partial charge is 0.481 e. The number of hydrogen-bond donors (Lipinski definition) is 7.